The molecule has 1 saturated heterocycles. The van der Waals surface area contributed by atoms with E-state index in [4.69, 9.17) is 5.73 Å². The van der Waals surface area contributed by atoms with E-state index in [1.807, 2.05) is 0 Å². The number of hydrogen-bond acceptors (Lipinski definition) is 2. The summed E-state index contributed by atoms with van der Waals surface area (Å²) in [4.78, 5) is 2.70. The lowest BCUT2D eigenvalue weighted by atomic mass is 9.78. The lowest BCUT2D eigenvalue weighted by Gasteiger charge is -2.39. The van der Waals surface area contributed by atoms with Crippen molar-refractivity contribution in [2.75, 3.05) is 13.1 Å². The van der Waals surface area contributed by atoms with Crippen LogP contribution < -0.4 is 5.73 Å². The summed E-state index contributed by atoms with van der Waals surface area (Å²) in [5, 5.41) is 0. The molecule has 94 valence electrons. The standard InChI is InChI=1S/C14H28N2/c1-11-5-3-7-13(9-11)14(10-15)16-8-4-6-12(16)2/h11-14H,3-10,15H2,1-2H3. The Morgan fingerprint density at radius 3 is 2.56 bits per heavy atom. The van der Waals surface area contributed by atoms with Crippen molar-refractivity contribution in [2.24, 2.45) is 17.6 Å². The van der Waals surface area contributed by atoms with E-state index in [2.05, 4.69) is 18.7 Å². The van der Waals surface area contributed by atoms with Gasteiger partial charge < -0.3 is 5.73 Å². The predicted octanol–water partition coefficient (Wildman–Crippen LogP) is 2.62. The highest BCUT2D eigenvalue weighted by Crippen LogP contribution is 2.34. The van der Waals surface area contributed by atoms with Crippen LogP contribution in [0.4, 0.5) is 0 Å². The molecule has 0 amide bonds. The van der Waals surface area contributed by atoms with Crippen LogP contribution in [0.3, 0.4) is 0 Å². The van der Waals surface area contributed by atoms with Crippen LogP contribution in [0, 0.1) is 11.8 Å². The Morgan fingerprint density at radius 1 is 1.19 bits per heavy atom. The average Bonchev–Trinajstić information content (AvgIpc) is 2.67. The van der Waals surface area contributed by atoms with Crippen LogP contribution in [-0.4, -0.2) is 30.1 Å². The summed E-state index contributed by atoms with van der Waals surface area (Å²) in [7, 11) is 0. The van der Waals surface area contributed by atoms with E-state index in [9.17, 15) is 0 Å². The van der Waals surface area contributed by atoms with E-state index in [0.717, 1.165) is 24.4 Å². The minimum atomic E-state index is 0.667. The van der Waals surface area contributed by atoms with Crippen LogP contribution in [0.15, 0.2) is 0 Å². The van der Waals surface area contributed by atoms with E-state index in [0.29, 0.717) is 6.04 Å². The summed E-state index contributed by atoms with van der Waals surface area (Å²) in [5.74, 6) is 1.79. The summed E-state index contributed by atoms with van der Waals surface area (Å²) < 4.78 is 0. The van der Waals surface area contributed by atoms with Crippen LogP contribution in [0.5, 0.6) is 0 Å². The molecule has 1 aliphatic carbocycles. The minimum Gasteiger partial charge on any atom is -0.329 e. The third-order valence-electron chi connectivity index (χ3n) is 4.79. The monoisotopic (exact) mass is 224 g/mol. The summed E-state index contributed by atoms with van der Waals surface area (Å²) in [6, 6.07) is 1.44. The molecule has 0 spiro atoms. The maximum Gasteiger partial charge on any atom is 0.0249 e. The largest absolute Gasteiger partial charge is 0.329 e. The van der Waals surface area contributed by atoms with Crippen molar-refractivity contribution in [3.05, 3.63) is 0 Å². The van der Waals surface area contributed by atoms with Crippen molar-refractivity contribution in [3.63, 3.8) is 0 Å². The van der Waals surface area contributed by atoms with Gasteiger partial charge in [-0.3, -0.25) is 4.90 Å². The van der Waals surface area contributed by atoms with Crippen molar-refractivity contribution in [1.82, 2.24) is 4.90 Å². The molecule has 1 aliphatic heterocycles. The van der Waals surface area contributed by atoms with E-state index < -0.39 is 0 Å². The average molecular weight is 224 g/mol. The summed E-state index contributed by atoms with van der Waals surface area (Å²) in [5.41, 5.74) is 6.05. The second-order valence-corrected chi connectivity index (χ2v) is 6.06. The molecular formula is C14H28N2. The summed E-state index contributed by atoms with van der Waals surface area (Å²) in [6.45, 7) is 6.94. The van der Waals surface area contributed by atoms with Gasteiger partial charge >= 0.3 is 0 Å². The lowest BCUT2D eigenvalue weighted by molar-refractivity contribution is 0.103. The van der Waals surface area contributed by atoms with Gasteiger partial charge in [0.25, 0.3) is 0 Å². The van der Waals surface area contributed by atoms with Gasteiger partial charge in [0.2, 0.25) is 0 Å². The smallest absolute Gasteiger partial charge is 0.0249 e. The molecule has 2 nitrogen and oxygen atoms in total. The maximum absolute atomic E-state index is 6.05. The number of nitrogens with zero attached hydrogens (tertiary/aromatic N) is 1. The first kappa shape index (κ1) is 12.4. The van der Waals surface area contributed by atoms with Gasteiger partial charge in [0.05, 0.1) is 0 Å². The molecule has 2 N–H and O–H groups in total. The van der Waals surface area contributed by atoms with Crippen molar-refractivity contribution < 1.29 is 0 Å². The molecule has 1 saturated carbocycles. The summed E-state index contributed by atoms with van der Waals surface area (Å²) in [6.07, 6.45) is 8.42. The molecule has 16 heavy (non-hydrogen) atoms. The highest BCUT2D eigenvalue weighted by atomic mass is 15.2. The fourth-order valence-corrected chi connectivity index (χ4v) is 3.88. The van der Waals surface area contributed by atoms with Gasteiger partial charge in [-0.05, 0) is 51.0 Å². The van der Waals surface area contributed by atoms with E-state index in [1.165, 1.54) is 45.1 Å². The zero-order chi connectivity index (χ0) is 11.5. The quantitative estimate of drug-likeness (QED) is 0.798. The Labute approximate surface area is 101 Å². The van der Waals surface area contributed by atoms with Gasteiger partial charge in [-0.1, -0.05) is 19.8 Å². The fraction of sp³-hybridized carbons (Fsp3) is 1.00. The molecule has 2 fully saturated rings. The Bertz CT molecular complexity index is 217. The van der Waals surface area contributed by atoms with Gasteiger partial charge in [-0.2, -0.15) is 0 Å². The highest BCUT2D eigenvalue weighted by molar-refractivity contribution is 4.89. The first-order chi connectivity index (χ1) is 7.72. The van der Waals surface area contributed by atoms with Crippen molar-refractivity contribution in [2.45, 2.75) is 64.5 Å². The molecule has 2 heteroatoms. The van der Waals surface area contributed by atoms with Gasteiger partial charge in [-0.15, -0.1) is 0 Å². The maximum atomic E-state index is 6.05. The lowest BCUT2D eigenvalue weighted by Crippen LogP contribution is -2.48. The molecular weight excluding hydrogens is 196 g/mol. The van der Waals surface area contributed by atoms with Crippen LogP contribution in [0.1, 0.15) is 52.4 Å². The predicted molar refractivity (Wildman–Crippen MR) is 69.4 cm³/mol. The molecule has 0 bridgehead atoms. The molecule has 0 aromatic carbocycles. The van der Waals surface area contributed by atoms with Crippen LogP contribution in [0.25, 0.3) is 0 Å². The molecule has 1 heterocycles. The van der Waals surface area contributed by atoms with Gasteiger partial charge in [0, 0.05) is 18.6 Å². The zero-order valence-electron chi connectivity index (χ0n) is 11.0. The Hall–Kier alpha value is -0.0800. The van der Waals surface area contributed by atoms with Crippen molar-refractivity contribution >= 4 is 0 Å². The zero-order valence-corrected chi connectivity index (χ0v) is 11.0. The first-order valence-electron chi connectivity index (χ1n) is 7.18. The summed E-state index contributed by atoms with van der Waals surface area (Å²) >= 11 is 0. The van der Waals surface area contributed by atoms with Gasteiger partial charge in [0.1, 0.15) is 0 Å². The van der Waals surface area contributed by atoms with Crippen LogP contribution >= 0.6 is 0 Å². The molecule has 0 aromatic heterocycles. The Balaban J connectivity index is 1.97. The molecule has 2 aliphatic rings. The number of rotatable bonds is 3. The fourth-order valence-electron chi connectivity index (χ4n) is 3.88. The second kappa shape index (κ2) is 5.50. The van der Waals surface area contributed by atoms with Gasteiger partial charge in [0.15, 0.2) is 0 Å². The number of hydrogen-bond donors (Lipinski definition) is 1. The SMILES string of the molecule is CC1CCCC(C(CN)N2CCCC2C)C1. The van der Waals surface area contributed by atoms with Crippen molar-refractivity contribution in [1.29, 1.82) is 0 Å². The Morgan fingerprint density at radius 2 is 2.00 bits per heavy atom. The third-order valence-corrected chi connectivity index (χ3v) is 4.79. The molecule has 0 radical (unpaired) electrons. The topological polar surface area (TPSA) is 29.3 Å². The minimum absolute atomic E-state index is 0.667. The molecule has 2 rings (SSSR count). The normalized spacial score (nSPS) is 38.8. The van der Waals surface area contributed by atoms with E-state index >= 15 is 0 Å². The second-order valence-electron chi connectivity index (χ2n) is 6.06. The number of likely N-dealkylation sites (tertiary alicyclic amines) is 1. The van der Waals surface area contributed by atoms with Crippen LogP contribution in [-0.2, 0) is 0 Å². The van der Waals surface area contributed by atoms with Crippen LogP contribution in [0.2, 0.25) is 0 Å². The van der Waals surface area contributed by atoms with E-state index in [1.54, 1.807) is 0 Å². The first-order valence-corrected chi connectivity index (χ1v) is 7.18. The van der Waals surface area contributed by atoms with Crippen molar-refractivity contribution in [3.8, 4) is 0 Å². The Kier molecular flexibility index (Phi) is 4.26. The highest BCUT2D eigenvalue weighted by Gasteiger charge is 2.34. The van der Waals surface area contributed by atoms with E-state index in [-0.39, 0.29) is 0 Å². The molecule has 0 aromatic rings. The third kappa shape index (κ3) is 2.60. The molecule has 4 atom stereocenters. The number of nitrogens with two attached hydrogens (primary N) is 1. The molecule has 4 unspecified atom stereocenters. The van der Waals surface area contributed by atoms with Gasteiger partial charge in [-0.25, -0.2) is 0 Å².